The highest BCUT2D eigenvalue weighted by Gasteiger charge is 2.65. The summed E-state index contributed by atoms with van der Waals surface area (Å²) in [6, 6.07) is 9.20. The Hall–Kier alpha value is -1.20. The van der Waals surface area contributed by atoms with Gasteiger partial charge in [0, 0.05) is 6.42 Å². The first-order valence-electron chi connectivity index (χ1n) is 7.71. The molecule has 0 N–H and O–H groups in total. The van der Waals surface area contributed by atoms with Crippen LogP contribution in [0.5, 0.6) is 0 Å². The van der Waals surface area contributed by atoms with Gasteiger partial charge >= 0.3 is 0 Å². The monoisotopic (exact) mass is 322 g/mol. The lowest BCUT2D eigenvalue weighted by atomic mass is 9.70. The van der Waals surface area contributed by atoms with Crippen LogP contribution < -0.4 is 0 Å². The van der Waals surface area contributed by atoms with Crippen LogP contribution in [0.25, 0.3) is 0 Å². The highest BCUT2D eigenvalue weighted by Crippen LogP contribution is 2.64. The van der Waals surface area contributed by atoms with E-state index in [0.29, 0.717) is 18.8 Å². The molecule has 2 aliphatic carbocycles. The second-order valence-corrected chi connectivity index (χ2v) is 8.76. The maximum absolute atomic E-state index is 12.4. The fourth-order valence-electron chi connectivity index (χ4n) is 4.18. The predicted molar refractivity (Wildman–Crippen MR) is 83.6 cm³/mol. The molecule has 5 heteroatoms. The highest BCUT2D eigenvalue weighted by molar-refractivity contribution is 7.86. The van der Waals surface area contributed by atoms with E-state index >= 15 is 0 Å². The predicted octanol–water partition coefficient (Wildman–Crippen LogP) is 2.93. The summed E-state index contributed by atoms with van der Waals surface area (Å²) in [5.74, 6) is 0.222. The van der Waals surface area contributed by atoms with Crippen molar-refractivity contribution in [2.24, 2.45) is 16.7 Å². The van der Waals surface area contributed by atoms with Crippen molar-refractivity contribution in [3.8, 4) is 0 Å². The Bertz CT molecular complexity index is 678. The molecule has 0 aliphatic heterocycles. The number of fused-ring (bicyclic) bond motifs is 2. The van der Waals surface area contributed by atoms with E-state index in [4.69, 9.17) is 4.18 Å². The largest absolute Gasteiger partial charge is 0.299 e. The second-order valence-electron chi connectivity index (χ2n) is 7.12. The van der Waals surface area contributed by atoms with Crippen molar-refractivity contribution >= 4 is 15.9 Å². The third kappa shape index (κ3) is 2.40. The number of carbonyl (C=O) groups excluding carboxylic acids is 1. The zero-order chi connectivity index (χ0) is 16.0. The van der Waals surface area contributed by atoms with Crippen molar-refractivity contribution in [2.75, 3.05) is 5.75 Å². The van der Waals surface area contributed by atoms with E-state index < -0.39 is 15.5 Å². The Morgan fingerprint density at radius 1 is 1.23 bits per heavy atom. The lowest BCUT2D eigenvalue weighted by Crippen LogP contribution is -2.42. The lowest BCUT2D eigenvalue weighted by molar-refractivity contribution is -0.128. The molecule has 2 saturated carbocycles. The summed E-state index contributed by atoms with van der Waals surface area (Å²) in [5.41, 5.74) is -0.203. The van der Waals surface area contributed by atoms with Crippen LogP contribution in [0.2, 0.25) is 0 Å². The SMILES string of the molecule is CC1(C)C2CCC1(CS(=O)(=O)OCc1ccccc1)C(=O)C2. The van der Waals surface area contributed by atoms with Crippen LogP contribution in [-0.2, 0) is 25.7 Å². The van der Waals surface area contributed by atoms with Gasteiger partial charge in [-0.25, -0.2) is 0 Å². The second kappa shape index (κ2) is 5.17. The average Bonchev–Trinajstić information content (AvgIpc) is 2.80. The summed E-state index contributed by atoms with van der Waals surface area (Å²) in [5, 5.41) is 0. The molecule has 1 aromatic carbocycles. The molecule has 4 nitrogen and oxygen atoms in total. The summed E-state index contributed by atoms with van der Waals surface area (Å²) in [6.45, 7) is 4.09. The molecule has 0 radical (unpaired) electrons. The molecular weight excluding hydrogens is 300 g/mol. The fraction of sp³-hybridized carbons (Fsp3) is 0.588. The number of benzene rings is 1. The Balaban J connectivity index is 1.75. The van der Waals surface area contributed by atoms with Crippen molar-refractivity contribution in [3.05, 3.63) is 35.9 Å². The average molecular weight is 322 g/mol. The zero-order valence-electron chi connectivity index (χ0n) is 13.0. The molecule has 120 valence electrons. The van der Waals surface area contributed by atoms with Crippen LogP contribution in [0.3, 0.4) is 0 Å². The lowest BCUT2D eigenvalue weighted by Gasteiger charge is -2.35. The van der Waals surface area contributed by atoms with Crippen LogP contribution in [0.4, 0.5) is 0 Å². The first kappa shape index (κ1) is 15.7. The van der Waals surface area contributed by atoms with Gasteiger partial charge in [0.2, 0.25) is 0 Å². The third-order valence-electron chi connectivity index (χ3n) is 5.81. The smallest absolute Gasteiger partial charge is 0.268 e. The Morgan fingerprint density at radius 3 is 2.45 bits per heavy atom. The van der Waals surface area contributed by atoms with Crippen molar-refractivity contribution in [1.29, 1.82) is 0 Å². The van der Waals surface area contributed by atoms with Gasteiger partial charge in [0.05, 0.1) is 17.8 Å². The van der Waals surface area contributed by atoms with E-state index in [0.717, 1.165) is 12.0 Å². The van der Waals surface area contributed by atoms with Crippen LogP contribution in [-0.4, -0.2) is 20.0 Å². The van der Waals surface area contributed by atoms with E-state index in [2.05, 4.69) is 0 Å². The molecule has 3 rings (SSSR count). The molecule has 22 heavy (non-hydrogen) atoms. The first-order valence-corrected chi connectivity index (χ1v) is 9.29. The molecule has 0 saturated heterocycles. The highest BCUT2D eigenvalue weighted by atomic mass is 32.2. The topological polar surface area (TPSA) is 60.4 Å². The Morgan fingerprint density at radius 2 is 1.91 bits per heavy atom. The minimum Gasteiger partial charge on any atom is -0.299 e. The summed E-state index contributed by atoms with van der Waals surface area (Å²) in [7, 11) is -3.73. The molecule has 2 atom stereocenters. The van der Waals surface area contributed by atoms with Crippen molar-refractivity contribution in [3.63, 3.8) is 0 Å². The maximum atomic E-state index is 12.4. The minimum absolute atomic E-state index is 0.0251. The third-order valence-corrected chi connectivity index (χ3v) is 7.13. The molecule has 1 aromatic rings. The number of hydrogen-bond donors (Lipinski definition) is 0. The van der Waals surface area contributed by atoms with Crippen molar-refractivity contribution in [2.45, 2.75) is 39.7 Å². The van der Waals surface area contributed by atoms with Gasteiger partial charge in [0.25, 0.3) is 10.1 Å². The van der Waals surface area contributed by atoms with Gasteiger partial charge in [-0.3, -0.25) is 8.98 Å². The van der Waals surface area contributed by atoms with Gasteiger partial charge in [-0.15, -0.1) is 0 Å². The molecule has 0 heterocycles. The molecule has 0 aromatic heterocycles. The summed E-state index contributed by atoms with van der Waals surface area (Å²) < 4.78 is 30.0. The molecule has 2 fully saturated rings. The Kier molecular flexibility index (Phi) is 3.68. The molecule has 2 aliphatic rings. The van der Waals surface area contributed by atoms with E-state index in [9.17, 15) is 13.2 Å². The first-order chi connectivity index (χ1) is 10.3. The molecule has 2 bridgehead atoms. The van der Waals surface area contributed by atoms with Gasteiger partial charge < -0.3 is 0 Å². The Labute approximate surface area is 132 Å². The maximum Gasteiger partial charge on any atom is 0.268 e. The number of hydrogen-bond acceptors (Lipinski definition) is 4. The van der Waals surface area contributed by atoms with Gasteiger partial charge in [-0.1, -0.05) is 44.2 Å². The number of carbonyl (C=O) groups is 1. The van der Waals surface area contributed by atoms with E-state index in [1.807, 2.05) is 44.2 Å². The molecule has 0 amide bonds. The van der Waals surface area contributed by atoms with E-state index in [1.165, 1.54) is 0 Å². The fourth-order valence-corrected chi connectivity index (χ4v) is 5.86. The summed E-state index contributed by atoms with van der Waals surface area (Å²) in [6.07, 6.45) is 2.12. The number of rotatable bonds is 5. The molecule has 2 unspecified atom stereocenters. The summed E-state index contributed by atoms with van der Waals surface area (Å²) >= 11 is 0. The molecular formula is C17H22O4S. The minimum atomic E-state index is -3.73. The van der Waals surface area contributed by atoms with Crippen molar-refractivity contribution in [1.82, 2.24) is 0 Å². The normalized spacial score (nSPS) is 29.9. The van der Waals surface area contributed by atoms with Crippen LogP contribution in [0.1, 0.15) is 38.7 Å². The molecule has 0 spiro atoms. The zero-order valence-corrected chi connectivity index (χ0v) is 13.9. The standard InChI is InChI=1S/C17H22O4S/c1-16(2)14-8-9-17(16,15(18)10-14)12-22(19,20)21-11-13-6-4-3-5-7-13/h3-7,14H,8-12H2,1-2H3. The quantitative estimate of drug-likeness (QED) is 0.782. The van der Waals surface area contributed by atoms with Gasteiger partial charge in [0.1, 0.15) is 5.78 Å². The van der Waals surface area contributed by atoms with Crippen LogP contribution in [0, 0.1) is 16.7 Å². The number of Topliss-reactive ketones (excluding diaryl/α,β-unsaturated/α-hetero) is 1. The van der Waals surface area contributed by atoms with Gasteiger partial charge in [-0.2, -0.15) is 8.42 Å². The van der Waals surface area contributed by atoms with E-state index in [1.54, 1.807) is 0 Å². The van der Waals surface area contributed by atoms with Crippen molar-refractivity contribution < 1.29 is 17.4 Å². The van der Waals surface area contributed by atoms with E-state index in [-0.39, 0.29) is 23.6 Å². The van der Waals surface area contributed by atoms with Crippen LogP contribution in [0.15, 0.2) is 30.3 Å². The number of ketones is 1. The van der Waals surface area contributed by atoms with Gasteiger partial charge in [0.15, 0.2) is 0 Å². The van der Waals surface area contributed by atoms with Gasteiger partial charge in [-0.05, 0) is 29.7 Å². The van der Waals surface area contributed by atoms with Crippen LogP contribution >= 0.6 is 0 Å². The summed E-state index contributed by atoms with van der Waals surface area (Å²) in [4.78, 5) is 12.4.